The average molecular weight is 410 g/mol. The molecule has 0 saturated carbocycles. The highest BCUT2D eigenvalue weighted by Crippen LogP contribution is 2.24. The van der Waals surface area contributed by atoms with Crippen molar-refractivity contribution in [3.8, 4) is 5.75 Å². The third-order valence-electron chi connectivity index (χ3n) is 5.92. The number of aliphatic hydroxyl groups is 1. The van der Waals surface area contributed by atoms with Crippen molar-refractivity contribution in [2.45, 2.75) is 57.2 Å². The minimum absolute atomic E-state index is 0.319. The lowest BCUT2D eigenvalue weighted by atomic mass is 10.0. The van der Waals surface area contributed by atoms with E-state index in [1.54, 1.807) is 0 Å². The number of hydrogen-bond acceptors (Lipinski definition) is 5. The molecule has 0 amide bonds. The predicted molar refractivity (Wildman–Crippen MR) is 115 cm³/mol. The van der Waals surface area contributed by atoms with Crippen LogP contribution in [0.1, 0.15) is 44.1 Å². The number of aliphatic hydroxyl groups excluding tert-OH is 1. The number of likely N-dealkylation sites (tertiary alicyclic amines) is 2. The van der Waals surface area contributed by atoms with Crippen LogP contribution in [0.3, 0.4) is 0 Å². The third-order valence-corrected chi connectivity index (χ3v) is 6.16. The van der Waals surface area contributed by atoms with Crippen molar-refractivity contribution in [1.29, 1.82) is 0 Å². The van der Waals surface area contributed by atoms with E-state index in [9.17, 15) is 5.11 Å². The normalized spacial score (nSPS) is 21.4. The highest BCUT2D eigenvalue weighted by Gasteiger charge is 2.18. The predicted octanol–water partition coefficient (Wildman–Crippen LogP) is 3.14. The molecule has 28 heavy (non-hydrogen) atoms. The molecule has 6 heteroatoms. The van der Waals surface area contributed by atoms with Crippen LogP contribution in [0, 0.1) is 0 Å². The third kappa shape index (κ3) is 7.20. The van der Waals surface area contributed by atoms with Crippen LogP contribution in [0.5, 0.6) is 5.75 Å². The maximum absolute atomic E-state index is 10.4. The van der Waals surface area contributed by atoms with E-state index in [-0.39, 0.29) is 0 Å². The van der Waals surface area contributed by atoms with Crippen LogP contribution < -0.4 is 10.1 Å². The minimum Gasteiger partial charge on any atom is -0.491 e. The Balaban J connectivity index is 1.48. The molecule has 2 saturated heterocycles. The summed E-state index contributed by atoms with van der Waals surface area (Å²) in [5, 5.41) is 14.8. The van der Waals surface area contributed by atoms with Crippen molar-refractivity contribution >= 4 is 11.6 Å². The van der Waals surface area contributed by atoms with Crippen LogP contribution in [0.4, 0.5) is 0 Å². The second kappa shape index (κ2) is 11.4. The van der Waals surface area contributed by atoms with Gasteiger partial charge in [-0.2, -0.15) is 0 Å². The molecule has 3 rings (SSSR count). The maximum Gasteiger partial charge on any atom is 0.124 e. The summed E-state index contributed by atoms with van der Waals surface area (Å²) in [6.45, 7) is 6.20. The van der Waals surface area contributed by atoms with Crippen LogP contribution in [-0.4, -0.2) is 73.4 Å². The summed E-state index contributed by atoms with van der Waals surface area (Å²) in [4.78, 5) is 4.74. The largest absolute Gasteiger partial charge is 0.491 e. The van der Waals surface area contributed by atoms with E-state index in [1.807, 2.05) is 18.2 Å². The summed E-state index contributed by atoms with van der Waals surface area (Å²) < 4.78 is 6.00. The molecule has 0 radical (unpaired) electrons. The minimum atomic E-state index is -0.469. The van der Waals surface area contributed by atoms with E-state index in [1.165, 1.54) is 38.5 Å². The zero-order chi connectivity index (χ0) is 19.8. The lowest BCUT2D eigenvalue weighted by Gasteiger charge is -2.30. The molecular formula is C22H36ClN3O2. The molecule has 0 aliphatic carbocycles. The summed E-state index contributed by atoms with van der Waals surface area (Å²) in [5.41, 5.74) is 1.06. The molecule has 1 unspecified atom stereocenters. The van der Waals surface area contributed by atoms with Gasteiger partial charge in [-0.1, -0.05) is 24.4 Å². The first-order valence-corrected chi connectivity index (χ1v) is 11.2. The average Bonchev–Trinajstić information content (AvgIpc) is 2.95. The number of rotatable bonds is 8. The molecule has 2 fully saturated rings. The molecule has 2 aliphatic heterocycles. The van der Waals surface area contributed by atoms with Gasteiger partial charge in [-0.15, -0.1) is 0 Å². The molecule has 2 aliphatic rings. The molecule has 0 bridgehead atoms. The Kier molecular flexibility index (Phi) is 8.87. The van der Waals surface area contributed by atoms with Gasteiger partial charge in [0.15, 0.2) is 0 Å². The fourth-order valence-electron chi connectivity index (χ4n) is 4.15. The quantitative estimate of drug-likeness (QED) is 0.690. The molecule has 2 heterocycles. The van der Waals surface area contributed by atoms with Crippen molar-refractivity contribution in [1.82, 2.24) is 15.1 Å². The number of β-amino-alcohol motifs (C(OH)–C–C–N with tert-alkyl or cyclic N) is 1. The fourth-order valence-corrected chi connectivity index (χ4v) is 4.34. The second-order valence-electron chi connectivity index (χ2n) is 8.39. The van der Waals surface area contributed by atoms with Crippen LogP contribution in [0.2, 0.25) is 5.02 Å². The van der Waals surface area contributed by atoms with E-state index in [4.69, 9.17) is 16.3 Å². The first-order chi connectivity index (χ1) is 13.6. The Morgan fingerprint density at radius 1 is 1.14 bits per heavy atom. The summed E-state index contributed by atoms with van der Waals surface area (Å²) in [7, 11) is 2.18. The second-order valence-corrected chi connectivity index (χ2v) is 8.83. The lowest BCUT2D eigenvalue weighted by molar-refractivity contribution is 0.0689. The van der Waals surface area contributed by atoms with Gasteiger partial charge in [-0.05, 0) is 77.1 Å². The number of benzene rings is 1. The van der Waals surface area contributed by atoms with E-state index >= 15 is 0 Å². The Morgan fingerprint density at radius 3 is 2.57 bits per heavy atom. The van der Waals surface area contributed by atoms with Crippen LogP contribution in [-0.2, 0) is 6.54 Å². The zero-order valence-electron chi connectivity index (χ0n) is 17.2. The molecule has 1 atom stereocenters. The van der Waals surface area contributed by atoms with E-state index in [0.29, 0.717) is 19.2 Å². The molecule has 158 valence electrons. The van der Waals surface area contributed by atoms with Gasteiger partial charge in [0.1, 0.15) is 18.5 Å². The number of ether oxygens (including phenoxy) is 1. The highest BCUT2D eigenvalue weighted by molar-refractivity contribution is 6.30. The van der Waals surface area contributed by atoms with Crippen molar-refractivity contribution in [3.63, 3.8) is 0 Å². The molecule has 0 aromatic heterocycles. The summed E-state index contributed by atoms with van der Waals surface area (Å²) >= 11 is 6.22. The molecule has 5 nitrogen and oxygen atoms in total. The first kappa shape index (κ1) is 21.8. The van der Waals surface area contributed by atoms with E-state index < -0.39 is 6.10 Å². The summed E-state index contributed by atoms with van der Waals surface area (Å²) in [6, 6.07) is 6.29. The van der Waals surface area contributed by atoms with E-state index in [2.05, 4.69) is 22.2 Å². The highest BCUT2D eigenvalue weighted by atomic mass is 35.5. The number of nitrogens with one attached hydrogen (secondary N) is 1. The van der Waals surface area contributed by atoms with Gasteiger partial charge in [0.25, 0.3) is 0 Å². The Bertz CT molecular complexity index is 585. The number of halogens is 1. The van der Waals surface area contributed by atoms with Gasteiger partial charge in [0.2, 0.25) is 0 Å². The van der Waals surface area contributed by atoms with Gasteiger partial charge in [0.05, 0.1) is 0 Å². The number of piperidine rings is 1. The fraction of sp³-hybridized carbons (Fsp3) is 0.727. The van der Waals surface area contributed by atoms with Crippen molar-refractivity contribution in [2.75, 3.05) is 46.4 Å². The van der Waals surface area contributed by atoms with Gasteiger partial charge in [0, 0.05) is 29.7 Å². The smallest absolute Gasteiger partial charge is 0.124 e. The van der Waals surface area contributed by atoms with Crippen LogP contribution in [0.15, 0.2) is 18.2 Å². The van der Waals surface area contributed by atoms with Crippen molar-refractivity contribution < 1.29 is 9.84 Å². The SMILES string of the molecule is CN1CCC(NCc2cc(Cl)ccc2OCC(O)CN2CCCCCC2)CC1. The number of hydrogen-bond donors (Lipinski definition) is 2. The Morgan fingerprint density at radius 2 is 1.86 bits per heavy atom. The maximum atomic E-state index is 10.4. The first-order valence-electron chi connectivity index (χ1n) is 10.8. The molecular weight excluding hydrogens is 374 g/mol. The van der Waals surface area contributed by atoms with Crippen molar-refractivity contribution in [2.24, 2.45) is 0 Å². The zero-order valence-corrected chi connectivity index (χ0v) is 18.0. The van der Waals surface area contributed by atoms with Crippen LogP contribution in [0.25, 0.3) is 0 Å². The Hall–Kier alpha value is -0.850. The van der Waals surface area contributed by atoms with Crippen LogP contribution >= 0.6 is 11.6 Å². The lowest BCUT2D eigenvalue weighted by Crippen LogP contribution is -2.40. The topological polar surface area (TPSA) is 48.0 Å². The molecule has 0 spiro atoms. The standard InChI is InChI=1S/C22H36ClN3O2/c1-25-12-8-20(9-13-25)24-15-18-14-19(23)6-7-22(18)28-17-21(27)16-26-10-4-2-3-5-11-26/h6-7,14,20-21,24,27H,2-5,8-13,15-17H2,1H3. The Labute approximate surface area is 175 Å². The summed E-state index contributed by atoms with van der Waals surface area (Å²) in [6.07, 6.45) is 6.95. The molecule has 2 N–H and O–H groups in total. The molecule has 1 aromatic rings. The van der Waals surface area contributed by atoms with E-state index in [0.717, 1.165) is 49.1 Å². The molecule has 1 aromatic carbocycles. The van der Waals surface area contributed by atoms with Gasteiger partial charge in [-0.3, -0.25) is 0 Å². The monoisotopic (exact) mass is 409 g/mol. The van der Waals surface area contributed by atoms with Gasteiger partial charge < -0.3 is 25.0 Å². The summed E-state index contributed by atoms with van der Waals surface area (Å²) in [5.74, 6) is 0.819. The van der Waals surface area contributed by atoms with Crippen molar-refractivity contribution in [3.05, 3.63) is 28.8 Å². The number of nitrogens with zero attached hydrogens (tertiary/aromatic N) is 2. The van der Waals surface area contributed by atoms with Gasteiger partial charge >= 0.3 is 0 Å². The van der Waals surface area contributed by atoms with Gasteiger partial charge in [-0.25, -0.2) is 0 Å².